The van der Waals surface area contributed by atoms with Crippen LogP contribution in [0.1, 0.15) is 39.3 Å². The minimum Gasteiger partial charge on any atom is -0.466 e. The summed E-state index contributed by atoms with van der Waals surface area (Å²) in [5, 5.41) is 2.87. The van der Waals surface area contributed by atoms with Gasteiger partial charge < -0.3 is 14.3 Å². The highest BCUT2D eigenvalue weighted by Gasteiger charge is 2.25. The van der Waals surface area contributed by atoms with E-state index in [1.165, 1.54) is 6.07 Å². The molecule has 1 aromatic carbocycles. The first kappa shape index (κ1) is 16.0. The third kappa shape index (κ3) is 2.95. The molecule has 0 saturated carbocycles. The number of hydrogen-bond donors (Lipinski definition) is 1. The Morgan fingerprint density at radius 1 is 1.33 bits per heavy atom. The van der Waals surface area contributed by atoms with E-state index in [0.29, 0.717) is 28.5 Å². The van der Waals surface area contributed by atoms with Crippen LogP contribution < -0.4 is 5.32 Å². The molecule has 0 fully saturated rings. The maximum absolute atomic E-state index is 14.3. The van der Waals surface area contributed by atoms with Crippen molar-refractivity contribution in [2.45, 2.75) is 19.9 Å². The topological polar surface area (TPSA) is 60.1 Å². The van der Waals surface area contributed by atoms with Crippen LogP contribution in [0.15, 0.2) is 47.1 Å². The summed E-state index contributed by atoms with van der Waals surface area (Å²) < 4.78 is 21.5. The zero-order chi connectivity index (χ0) is 17.3. The molecule has 0 saturated heterocycles. The summed E-state index contributed by atoms with van der Waals surface area (Å²) in [5.74, 6) is 0.993. The lowest BCUT2D eigenvalue weighted by molar-refractivity contribution is 0.0939. The largest absolute Gasteiger partial charge is 0.466 e. The van der Waals surface area contributed by atoms with Crippen molar-refractivity contribution in [1.29, 1.82) is 0 Å². The van der Waals surface area contributed by atoms with Crippen LogP contribution in [0, 0.1) is 19.7 Å². The molecule has 1 amide bonds. The molecule has 0 radical (unpaired) electrons. The number of carbonyl (C=O) groups is 1. The fourth-order valence-electron chi connectivity index (χ4n) is 2.71. The van der Waals surface area contributed by atoms with Crippen LogP contribution in [0.2, 0.25) is 0 Å². The lowest BCUT2D eigenvalue weighted by atomic mass is 10.0. The van der Waals surface area contributed by atoms with E-state index in [0.717, 1.165) is 0 Å². The molecule has 1 N–H and O–H groups in total. The fourth-order valence-corrected chi connectivity index (χ4v) is 2.71. The van der Waals surface area contributed by atoms with Gasteiger partial charge in [0, 0.05) is 25.0 Å². The molecule has 0 aliphatic rings. The van der Waals surface area contributed by atoms with E-state index in [9.17, 15) is 9.18 Å². The molecule has 2 aromatic heterocycles. The molecular weight excluding hydrogens is 309 g/mol. The minimum atomic E-state index is -0.701. The molecule has 3 rings (SSSR count). The number of amides is 1. The summed E-state index contributed by atoms with van der Waals surface area (Å²) in [6, 6.07) is 7.32. The van der Waals surface area contributed by atoms with Crippen LogP contribution in [-0.2, 0) is 7.05 Å². The van der Waals surface area contributed by atoms with E-state index in [1.54, 1.807) is 62.1 Å². The maximum Gasteiger partial charge on any atom is 0.255 e. The van der Waals surface area contributed by atoms with Gasteiger partial charge in [0.1, 0.15) is 29.2 Å². The second-order valence-corrected chi connectivity index (χ2v) is 5.65. The Morgan fingerprint density at radius 3 is 2.67 bits per heavy atom. The van der Waals surface area contributed by atoms with Crippen LogP contribution >= 0.6 is 0 Å². The lowest BCUT2D eigenvalue weighted by Gasteiger charge is -2.19. The maximum atomic E-state index is 14.3. The number of benzene rings is 1. The highest BCUT2D eigenvalue weighted by Crippen LogP contribution is 2.24. The van der Waals surface area contributed by atoms with E-state index >= 15 is 0 Å². The van der Waals surface area contributed by atoms with Crippen molar-refractivity contribution >= 4 is 5.91 Å². The Labute approximate surface area is 139 Å². The third-order valence-corrected chi connectivity index (χ3v) is 3.89. The molecule has 3 aromatic rings. The van der Waals surface area contributed by atoms with Crippen LogP contribution in [0.4, 0.5) is 4.39 Å². The number of carbonyl (C=O) groups excluding carboxylic acids is 1. The van der Waals surface area contributed by atoms with Gasteiger partial charge in [0.2, 0.25) is 0 Å². The fraction of sp³-hybridized carbons (Fsp3) is 0.222. The summed E-state index contributed by atoms with van der Waals surface area (Å²) >= 11 is 0. The summed E-state index contributed by atoms with van der Waals surface area (Å²) in [4.78, 5) is 16.9. The monoisotopic (exact) mass is 327 g/mol. The summed E-state index contributed by atoms with van der Waals surface area (Å²) in [5.41, 5.74) is 0.793. The number of nitrogens with one attached hydrogen (secondary N) is 1. The summed E-state index contributed by atoms with van der Waals surface area (Å²) in [7, 11) is 1.80. The first-order chi connectivity index (χ1) is 11.5. The molecule has 5 nitrogen and oxygen atoms in total. The molecule has 6 heteroatoms. The van der Waals surface area contributed by atoms with Crippen molar-refractivity contribution in [3.63, 3.8) is 0 Å². The zero-order valence-electron chi connectivity index (χ0n) is 13.7. The van der Waals surface area contributed by atoms with Crippen LogP contribution in [-0.4, -0.2) is 15.5 Å². The molecule has 0 aliphatic carbocycles. The number of halogens is 1. The molecule has 24 heavy (non-hydrogen) atoms. The molecule has 124 valence electrons. The van der Waals surface area contributed by atoms with Crippen molar-refractivity contribution < 1.29 is 13.6 Å². The minimum absolute atomic E-state index is 0.333. The van der Waals surface area contributed by atoms with Crippen molar-refractivity contribution in [1.82, 2.24) is 14.9 Å². The number of nitrogens with zero attached hydrogens (tertiary/aromatic N) is 2. The molecule has 0 bridgehead atoms. The van der Waals surface area contributed by atoms with Gasteiger partial charge in [-0.1, -0.05) is 18.2 Å². The van der Waals surface area contributed by atoms with Gasteiger partial charge in [-0.25, -0.2) is 9.37 Å². The van der Waals surface area contributed by atoms with Gasteiger partial charge in [-0.3, -0.25) is 4.79 Å². The first-order valence-corrected chi connectivity index (χ1v) is 7.57. The molecule has 1 atom stereocenters. The average molecular weight is 327 g/mol. The average Bonchev–Trinajstić information content (AvgIpc) is 3.11. The normalized spacial score (nSPS) is 12.2. The lowest BCUT2D eigenvalue weighted by Crippen LogP contribution is -2.31. The second-order valence-electron chi connectivity index (χ2n) is 5.65. The van der Waals surface area contributed by atoms with Crippen molar-refractivity contribution in [3.8, 4) is 0 Å². The predicted octanol–water partition coefficient (Wildman–Crippen LogP) is 3.29. The van der Waals surface area contributed by atoms with E-state index in [2.05, 4.69) is 10.3 Å². The van der Waals surface area contributed by atoms with Gasteiger partial charge >= 0.3 is 0 Å². The Morgan fingerprint density at radius 2 is 2.08 bits per heavy atom. The first-order valence-electron chi connectivity index (χ1n) is 7.57. The Bertz CT molecular complexity index is 882. The number of hydrogen-bond acceptors (Lipinski definition) is 3. The second kappa shape index (κ2) is 6.31. The highest BCUT2D eigenvalue weighted by molar-refractivity contribution is 5.95. The Kier molecular flexibility index (Phi) is 4.20. The SMILES string of the molecule is Cc1cc(C(=O)NC(c2ccccc2F)c2nccn2C)c(C)o1. The number of imidazole rings is 1. The summed E-state index contributed by atoms with van der Waals surface area (Å²) in [6.45, 7) is 3.50. The van der Waals surface area contributed by atoms with Crippen LogP contribution in [0.5, 0.6) is 0 Å². The van der Waals surface area contributed by atoms with Gasteiger partial charge in [-0.05, 0) is 26.0 Å². The predicted molar refractivity (Wildman–Crippen MR) is 87.1 cm³/mol. The highest BCUT2D eigenvalue weighted by atomic mass is 19.1. The Balaban J connectivity index is 2.00. The molecular formula is C18H18FN3O2. The van der Waals surface area contributed by atoms with E-state index < -0.39 is 11.9 Å². The number of aryl methyl sites for hydroxylation is 3. The van der Waals surface area contributed by atoms with E-state index in [1.807, 2.05) is 0 Å². The Hall–Kier alpha value is -2.89. The molecule has 1 unspecified atom stereocenters. The number of rotatable bonds is 4. The van der Waals surface area contributed by atoms with Gasteiger partial charge in [0.05, 0.1) is 5.56 Å². The standard InChI is InChI=1S/C18H18FN3O2/c1-11-10-14(12(2)24-11)18(23)21-16(17-20-8-9-22(17)3)13-6-4-5-7-15(13)19/h4-10,16H,1-3H3,(H,21,23). The molecule has 2 heterocycles. The van der Waals surface area contributed by atoms with Crippen molar-refractivity contribution in [2.75, 3.05) is 0 Å². The summed E-state index contributed by atoms with van der Waals surface area (Å²) in [6.07, 6.45) is 3.37. The van der Waals surface area contributed by atoms with Crippen molar-refractivity contribution in [2.24, 2.45) is 7.05 Å². The quantitative estimate of drug-likeness (QED) is 0.800. The van der Waals surface area contributed by atoms with E-state index in [-0.39, 0.29) is 5.91 Å². The molecule has 0 aliphatic heterocycles. The van der Waals surface area contributed by atoms with Crippen molar-refractivity contribution in [3.05, 3.63) is 77.0 Å². The number of aromatic nitrogens is 2. The van der Waals surface area contributed by atoms with Gasteiger partial charge in [-0.2, -0.15) is 0 Å². The number of furan rings is 1. The van der Waals surface area contributed by atoms with Gasteiger partial charge in [-0.15, -0.1) is 0 Å². The third-order valence-electron chi connectivity index (χ3n) is 3.89. The van der Waals surface area contributed by atoms with Gasteiger partial charge in [0.25, 0.3) is 5.91 Å². The van der Waals surface area contributed by atoms with Crippen LogP contribution in [0.25, 0.3) is 0 Å². The smallest absolute Gasteiger partial charge is 0.255 e. The van der Waals surface area contributed by atoms with Crippen LogP contribution in [0.3, 0.4) is 0 Å². The van der Waals surface area contributed by atoms with E-state index in [4.69, 9.17) is 4.42 Å². The molecule has 0 spiro atoms. The van der Waals surface area contributed by atoms with Gasteiger partial charge in [0.15, 0.2) is 0 Å². The zero-order valence-corrected chi connectivity index (χ0v) is 13.7.